The maximum atomic E-state index is 12.9. The van der Waals surface area contributed by atoms with Gasteiger partial charge >= 0.3 is 0 Å². The number of rotatable bonds is 6. The Labute approximate surface area is 142 Å². The Hall–Kier alpha value is -1.00. The minimum absolute atomic E-state index is 0.0110. The Balaban J connectivity index is 2.38. The number of aliphatic hydroxyl groups is 2. The summed E-state index contributed by atoms with van der Waals surface area (Å²) < 4.78 is 50.0. The van der Waals surface area contributed by atoms with Gasteiger partial charge in [-0.05, 0) is 23.6 Å². The molecule has 7 nitrogen and oxygen atoms in total. The molecule has 1 heterocycles. The van der Waals surface area contributed by atoms with Crippen molar-refractivity contribution in [3.8, 4) is 0 Å². The highest BCUT2D eigenvalue weighted by Crippen LogP contribution is 2.26. The van der Waals surface area contributed by atoms with Gasteiger partial charge in [0.05, 0.1) is 35.2 Å². The second kappa shape index (κ2) is 7.09. The Kier molecular flexibility index (Phi) is 5.71. The summed E-state index contributed by atoms with van der Waals surface area (Å²) in [5.74, 6) is -0.670. The fourth-order valence-electron chi connectivity index (χ4n) is 2.81. The fraction of sp³-hybridized carbons (Fsp3) is 0.600. The van der Waals surface area contributed by atoms with Gasteiger partial charge < -0.3 is 10.2 Å². The van der Waals surface area contributed by atoms with Crippen molar-refractivity contribution in [1.82, 2.24) is 4.31 Å². The highest BCUT2D eigenvalue weighted by atomic mass is 32.2. The van der Waals surface area contributed by atoms with Gasteiger partial charge in [-0.1, -0.05) is 26.0 Å². The average molecular weight is 377 g/mol. The first-order chi connectivity index (χ1) is 11.1. The van der Waals surface area contributed by atoms with E-state index in [1.165, 1.54) is 12.1 Å². The highest BCUT2D eigenvalue weighted by Gasteiger charge is 2.44. The third-order valence-corrected chi connectivity index (χ3v) is 7.77. The molecule has 24 heavy (non-hydrogen) atoms. The number of hydrogen-bond acceptors (Lipinski definition) is 6. The summed E-state index contributed by atoms with van der Waals surface area (Å²) in [7, 11) is -7.53. The molecule has 0 saturated carbocycles. The van der Waals surface area contributed by atoms with Crippen LogP contribution in [0.2, 0.25) is 0 Å². The molecule has 0 unspecified atom stereocenters. The van der Waals surface area contributed by atoms with Crippen LogP contribution >= 0.6 is 0 Å². The second-order valence-corrected chi connectivity index (χ2v) is 10.3. The van der Waals surface area contributed by atoms with Crippen LogP contribution < -0.4 is 0 Å². The predicted octanol–water partition coefficient (Wildman–Crippen LogP) is -0.0491. The van der Waals surface area contributed by atoms with E-state index in [1.54, 1.807) is 12.1 Å². The van der Waals surface area contributed by atoms with Gasteiger partial charge in [0.15, 0.2) is 9.84 Å². The van der Waals surface area contributed by atoms with Crippen molar-refractivity contribution < 1.29 is 27.0 Å². The normalized spacial score (nSPS) is 23.9. The largest absolute Gasteiger partial charge is 0.395 e. The monoisotopic (exact) mass is 377 g/mol. The Bertz CT molecular complexity index is 771. The Morgan fingerprint density at radius 2 is 1.79 bits per heavy atom. The van der Waals surface area contributed by atoms with E-state index >= 15 is 0 Å². The molecule has 0 radical (unpaired) electrons. The van der Waals surface area contributed by atoms with Crippen LogP contribution in [0.25, 0.3) is 0 Å². The van der Waals surface area contributed by atoms with Crippen LogP contribution in [0.1, 0.15) is 25.3 Å². The molecular weight excluding hydrogens is 354 g/mol. The number of aliphatic hydroxyl groups excluding tert-OH is 2. The molecule has 0 amide bonds. The zero-order chi connectivity index (χ0) is 18.1. The van der Waals surface area contributed by atoms with Crippen molar-refractivity contribution in [2.24, 2.45) is 0 Å². The Morgan fingerprint density at radius 3 is 2.21 bits per heavy atom. The molecule has 1 aliphatic rings. The minimum Gasteiger partial charge on any atom is -0.395 e. The van der Waals surface area contributed by atoms with E-state index in [4.69, 9.17) is 0 Å². The standard InChI is InChI=1S/C15H23NO6S2/c1-11(2)12-3-5-13(6-4-12)24(21,22)16(7-8-17)14-9-23(19,20)10-15(14)18/h3-6,11,14-15,17-18H,7-10H2,1-2H3/t14-,15-/m0/s1. The van der Waals surface area contributed by atoms with Crippen molar-refractivity contribution in [2.75, 3.05) is 24.7 Å². The van der Waals surface area contributed by atoms with Gasteiger partial charge in [-0.2, -0.15) is 4.31 Å². The number of benzene rings is 1. The van der Waals surface area contributed by atoms with Crippen molar-refractivity contribution in [1.29, 1.82) is 0 Å². The van der Waals surface area contributed by atoms with Crippen LogP contribution in [0, 0.1) is 0 Å². The van der Waals surface area contributed by atoms with Gasteiger partial charge in [-0.15, -0.1) is 0 Å². The molecule has 136 valence electrons. The van der Waals surface area contributed by atoms with E-state index in [0.717, 1.165) is 9.87 Å². The smallest absolute Gasteiger partial charge is 0.243 e. The van der Waals surface area contributed by atoms with Crippen molar-refractivity contribution in [2.45, 2.75) is 36.8 Å². The van der Waals surface area contributed by atoms with Crippen molar-refractivity contribution in [3.63, 3.8) is 0 Å². The maximum Gasteiger partial charge on any atom is 0.243 e. The second-order valence-electron chi connectivity index (χ2n) is 6.27. The van der Waals surface area contributed by atoms with Gasteiger partial charge in [0.1, 0.15) is 0 Å². The molecule has 2 rings (SSSR count). The molecule has 1 saturated heterocycles. The van der Waals surface area contributed by atoms with Crippen molar-refractivity contribution >= 4 is 19.9 Å². The summed E-state index contributed by atoms with van der Waals surface area (Å²) in [4.78, 5) is 0.0110. The molecule has 2 N–H and O–H groups in total. The van der Waals surface area contributed by atoms with Crippen LogP contribution in [-0.2, 0) is 19.9 Å². The number of sulfone groups is 1. The number of hydrogen-bond donors (Lipinski definition) is 2. The molecule has 0 spiro atoms. The van der Waals surface area contributed by atoms with Gasteiger partial charge in [0.2, 0.25) is 10.0 Å². The molecule has 9 heteroatoms. The average Bonchev–Trinajstić information content (AvgIpc) is 2.77. The molecule has 1 aromatic rings. The lowest BCUT2D eigenvalue weighted by molar-refractivity contribution is 0.117. The van der Waals surface area contributed by atoms with E-state index in [0.29, 0.717) is 0 Å². The summed E-state index contributed by atoms with van der Waals surface area (Å²) >= 11 is 0. The summed E-state index contributed by atoms with van der Waals surface area (Å²) in [5, 5.41) is 19.2. The minimum atomic E-state index is -4.02. The molecule has 1 aromatic carbocycles. The SMILES string of the molecule is CC(C)c1ccc(S(=O)(=O)N(CCO)[C@H]2CS(=O)(=O)C[C@@H]2O)cc1. The number of nitrogens with zero attached hydrogens (tertiary/aromatic N) is 1. The quantitative estimate of drug-likeness (QED) is 0.719. The van der Waals surface area contributed by atoms with E-state index in [1.807, 2.05) is 13.8 Å². The first-order valence-electron chi connectivity index (χ1n) is 7.69. The first kappa shape index (κ1) is 19.3. The van der Waals surface area contributed by atoms with Gasteiger partial charge in [-0.3, -0.25) is 0 Å². The van der Waals surface area contributed by atoms with Crippen LogP contribution in [-0.4, -0.2) is 68.2 Å². The van der Waals surface area contributed by atoms with Crippen LogP contribution in [0.3, 0.4) is 0 Å². The zero-order valence-electron chi connectivity index (χ0n) is 13.7. The topological polar surface area (TPSA) is 112 Å². The molecule has 2 atom stereocenters. The molecule has 0 aromatic heterocycles. The zero-order valence-corrected chi connectivity index (χ0v) is 15.3. The summed E-state index contributed by atoms with van der Waals surface area (Å²) in [6, 6.07) is 5.25. The maximum absolute atomic E-state index is 12.9. The van der Waals surface area contributed by atoms with Crippen molar-refractivity contribution in [3.05, 3.63) is 29.8 Å². The first-order valence-corrected chi connectivity index (χ1v) is 11.0. The van der Waals surface area contributed by atoms with Crippen LogP contribution in [0.15, 0.2) is 29.2 Å². The van der Waals surface area contributed by atoms with Gasteiger partial charge in [-0.25, -0.2) is 16.8 Å². The lowest BCUT2D eigenvalue weighted by atomic mass is 10.0. The molecule has 1 fully saturated rings. The van der Waals surface area contributed by atoms with E-state index in [-0.39, 0.29) is 17.4 Å². The molecule has 0 bridgehead atoms. The summed E-state index contributed by atoms with van der Waals surface area (Å²) in [5.41, 5.74) is 0.978. The van der Waals surface area contributed by atoms with Gasteiger partial charge in [0, 0.05) is 6.54 Å². The summed E-state index contributed by atoms with van der Waals surface area (Å²) in [6.07, 6.45) is -1.30. The fourth-order valence-corrected chi connectivity index (χ4v) is 6.35. The molecule has 0 aliphatic carbocycles. The summed E-state index contributed by atoms with van der Waals surface area (Å²) in [6.45, 7) is 3.24. The number of sulfonamides is 1. The Morgan fingerprint density at radius 1 is 1.21 bits per heavy atom. The lowest BCUT2D eigenvalue weighted by Gasteiger charge is -2.28. The van der Waals surface area contributed by atoms with E-state index < -0.39 is 50.1 Å². The third-order valence-electron chi connectivity index (χ3n) is 4.14. The highest BCUT2D eigenvalue weighted by molar-refractivity contribution is 7.92. The lowest BCUT2D eigenvalue weighted by Crippen LogP contribution is -2.47. The molecular formula is C15H23NO6S2. The predicted molar refractivity (Wildman–Crippen MR) is 90.0 cm³/mol. The van der Waals surface area contributed by atoms with Crippen LogP contribution in [0.4, 0.5) is 0 Å². The van der Waals surface area contributed by atoms with Crippen LogP contribution in [0.5, 0.6) is 0 Å². The molecule has 1 aliphatic heterocycles. The third kappa shape index (κ3) is 3.97. The van der Waals surface area contributed by atoms with E-state index in [2.05, 4.69) is 0 Å². The van der Waals surface area contributed by atoms with E-state index in [9.17, 15) is 27.0 Å². The van der Waals surface area contributed by atoms with Gasteiger partial charge in [0.25, 0.3) is 0 Å².